The summed E-state index contributed by atoms with van der Waals surface area (Å²) < 4.78 is 2.01. The Morgan fingerprint density at radius 3 is 3.07 bits per heavy atom. The monoisotopic (exact) mass is 207 g/mol. The number of aryl methyl sites for hydroxylation is 1. The Kier molecular flexibility index (Phi) is 3.29. The Morgan fingerprint density at radius 1 is 1.60 bits per heavy atom. The summed E-state index contributed by atoms with van der Waals surface area (Å²) in [6, 6.07) is 0.580. The number of hydrogen-bond donors (Lipinski definition) is 1. The molecule has 1 aromatic rings. The van der Waals surface area contributed by atoms with Gasteiger partial charge in [0.25, 0.3) is 0 Å². The molecule has 0 aromatic carbocycles. The smallest absolute Gasteiger partial charge is 0.0728 e. The Bertz CT molecular complexity index is 302. The van der Waals surface area contributed by atoms with E-state index < -0.39 is 0 Å². The van der Waals surface area contributed by atoms with Crippen LogP contribution in [0.15, 0.2) is 12.4 Å². The third kappa shape index (κ3) is 3.26. The molecule has 1 heterocycles. The van der Waals surface area contributed by atoms with Crippen molar-refractivity contribution in [2.24, 2.45) is 5.92 Å². The zero-order valence-corrected chi connectivity index (χ0v) is 9.74. The second kappa shape index (κ2) is 4.69. The third-order valence-electron chi connectivity index (χ3n) is 2.88. The van der Waals surface area contributed by atoms with E-state index in [9.17, 15) is 0 Å². The number of hydrogen-bond acceptors (Lipinski definition) is 2. The normalized spacial score (nSPS) is 17.7. The Labute approximate surface area is 91.9 Å². The lowest BCUT2D eigenvalue weighted by molar-refractivity contribution is 0.602. The van der Waals surface area contributed by atoms with Crippen LogP contribution in [0.4, 0.5) is 5.69 Å². The number of anilines is 1. The average Bonchev–Trinajstić information content (AvgIpc) is 2.88. The van der Waals surface area contributed by atoms with Crippen LogP contribution < -0.4 is 5.32 Å². The summed E-state index contributed by atoms with van der Waals surface area (Å²) in [5, 5.41) is 7.82. The van der Waals surface area contributed by atoms with Gasteiger partial charge in [-0.15, -0.1) is 0 Å². The van der Waals surface area contributed by atoms with Crippen LogP contribution in [0.1, 0.15) is 39.5 Å². The fourth-order valence-corrected chi connectivity index (χ4v) is 1.99. The van der Waals surface area contributed by atoms with Crippen molar-refractivity contribution in [1.82, 2.24) is 9.78 Å². The highest BCUT2D eigenvalue weighted by molar-refractivity contribution is 5.39. The highest BCUT2D eigenvalue weighted by Gasteiger charge is 2.23. The maximum Gasteiger partial charge on any atom is 0.0728 e. The first kappa shape index (κ1) is 10.5. The lowest BCUT2D eigenvalue weighted by Gasteiger charge is -2.12. The van der Waals surface area contributed by atoms with Crippen LogP contribution in [-0.2, 0) is 6.54 Å². The topological polar surface area (TPSA) is 29.9 Å². The van der Waals surface area contributed by atoms with Gasteiger partial charge in [0.2, 0.25) is 0 Å². The van der Waals surface area contributed by atoms with Gasteiger partial charge in [-0.3, -0.25) is 4.68 Å². The summed E-state index contributed by atoms with van der Waals surface area (Å²) in [7, 11) is 0. The number of aromatic nitrogens is 2. The van der Waals surface area contributed by atoms with Gasteiger partial charge in [0.1, 0.15) is 0 Å². The quantitative estimate of drug-likeness (QED) is 0.777. The van der Waals surface area contributed by atoms with Crippen molar-refractivity contribution >= 4 is 5.69 Å². The van der Waals surface area contributed by atoms with Gasteiger partial charge in [0, 0.05) is 18.8 Å². The van der Waals surface area contributed by atoms with E-state index in [1.807, 2.05) is 10.9 Å². The van der Waals surface area contributed by atoms with Crippen molar-refractivity contribution < 1.29 is 0 Å². The first-order chi connectivity index (χ1) is 7.28. The van der Waals surface area contributed by atoms with Crippen molar-refractivity contribution in [3.63, 3.8) is 0 Å². The van der Waals surface area contributed by atoms with E-state index in [0.29, 0.717) is 6.04 Å². The molecule has 0 aliphatic heterocycles. The fourth-order valence-electron chi connectivity index (χ4n) is 1.99. The largest absolute Gasteiger partial charge is 0.380 e. The van der Waals surface area contributed by atoms with Crippen molar-refractivity contribution in [3.8, 4) is 0 Å². The van der Waals surface area contributed by atoms with Crippen LogP contribution in [0.3, 0.4) is 0 Å². The summed E-state index contributed by atoms with van der Waals surface area (Å²) >= 11 is 0. The molecule has 0 amide bonds. The molecular weight excluding hydrogens is 186 g/mol. The zero-order chi connectivity index (χ0) is 10.7. The molecule has 1 atom stereocenters. The predicted molar refractivity (Wildman–Crippen MR) is 62.9 cm³/mol. The molecule has 1 aliphatic carbocycles. The summed E-state index contributed by atoms with van der Waals surface area (Å²) in [4.78, 5) is 0. The van der Waals surface area contributed by atoms with Gasteiger partial charge in [0.15, 0.2) is 0 Å². The van der Waals surface area contributed by atoms with Gasteiger partial charge >= 0.3 is 0 Å². The highest BCUT2D eigenvalue weighted by Crippen LogP contribution is 2.33. The van der Waals surface area contributed by atoms with Gasteiger partial charge in [-0.1, -0.05) is 19.8 Å². The minimum Gasteiger partial charge on any atom is -0.380 e. The van der Waals surface area contributed by atoms with Crippen LogP contribution in [0.5, 0.6) is 0 Å². The van der Waals surface area contributed by atoms with Gasteiger partial charge < -0.3 is 5.32 Å². The van der Waals surface area contributed by atoms with Crippen molar-refractivity contribution in [2.45, 2.75) is 52.1 Å². The molecule has 84 valence electrons. The van der Waals surface area contributed by atoms with Crippen LogP contribution in [-0.4, -0.2) is 15.8 Å². The SMILES string of the molecule is CCCn1cc(NC(C)CC2CC2)cn1. The molecule has 3 heteroatoms. The molecule has 1 aromatic heterocycles. The van der Waals surface area contributed by atoms with Crippen LogP contribution in [0.25, 0.3) is 0 Å². The lowest BCUT2D eigenvalue weighted by atomic mass is 10.1. The molecule has 1 fully saturated rings. The standard InChI is InChI=1S/C12H21N3/c1-3-6-15-9-12(8-13-15)14-10(2)7-11-4-5-11/h8-11,14H,3-7H2,1-2H3. The maximum absolute atomic E-state index is 4.31. The van der Waals surface area contributed by atoms with Gasteiger partial charge in [-0.2, -0.15) is 5.10 Å². The van der Waals surface area contributed by atoms with Gasteiger partial charge in [0.05, 0.1) is 11.9 Å². The molecular formula is C12H21N3. The molecule has 3 nitrogen and oxygen atoms in total. The Morgan fingerprint density at radius 2 is 2.40 bits per heavy atom. The first-order valence-corrected chi connectivity index (χ1v) is 6.07. The predicted octanol–water partition coefficient (Wildman–Crippen LogP) is 2.89. The van der Waals surface area contributed by atoms with Crippen LogP contribution in [0.2, 0.25) is 0 Å². The van der Waals surface area contributed by atoms with Gasteiger partial charge in [-0.25, -0.2) is 0 Å². The zero-order valence-electron chi connectivity index (χ0n) is 9.74. The highest BCUT2D eigenvalue weighted by atomic mass is 15.3. The molecule has 1 saturated carbocycles. The van der Waals surface area contributed by atoms with Gasteiger partial charge in [-0.05, 0) is 25.7 Å². The number of nitrogens with one attached hydrogen (secondary N) is 1. The van der Waals surface area contributed by atoms with E-state index in [-0.39, 0.29) is 0 Å². The molecule has 2 rings (SSSR count). The van der Waals surface area contributed by atoms with E-state index in [0.717, 1.165) is 24.6 Å². The molecule has 0 saturated heterocycles. The summed E-state index contributed by atoms with van der Waals surface area (Å²) in [5.74, 6) is 0.984. The first-order valence-electron chi connectivity index (χ1n) is 6.07. The average molecular weight is 207 g/mol. The summed E-state index contributed by atoms with van der Waals surface area (Å²) in [6.45, 7) is 5.44. The fraction of sp³-hybridized carbons (Fsp3) is 0.750. The minimum absolute atomic E-state index is 0.580. The van der Waals surface area contributed by atoms with E-state index in [1.165, 1.54) is 19.3 Å². The van der Waals surface area contributed by atoms with Crippen LogP contribution >= 0.6 is 0 Å². The minimum atomic E-state index is 0.580. The van der Waals surface area contributed by atoms with E-state index in [1.54, 1.807) is 0 Å². The molecule has 0 bridgehead atoms. The van der Waals surface area contributed by atoms with Crippen molar-refractivity contribution in [2.75, 3.05) is 5.32 Å². The van der Waals surface area contributed by atoms with E-state index >= 15 is 0 Å². The molecule has 0 spiro atoms. The Hall–Kier alpha value is -0.990. The summed E-state index contributed by atoms with van der Waals surface area (Å²) in [5.41, 5.74) is 1.16. The molecule has 1 unspecified atom stereocenters. The lowest BCUT2D eigenvalue weighted by Crippen LogP contribution is -2.15. The third-order valence-corrected chi connectivity index (χ3v) is 2.88. The number of rotatable bonds is 6. The second-order valence-electron chi connectivity index (χ2n) is 4.72. The second-order valence-corrected chi connectivity index (χ2v) is 4.72. The summed E-state index contributed by atoms with van der Waals surface area (Å²) in [6.07, 6.45) is 9.34. The molecule has 1 aliphatic rings. The molecule has 1 N–H and O–H groups in total. The van der Waals surface area contributed by atoms with E-state index in [4.69, 9.17) is 0 Å². The van der Waals surface area contributed by atoms with Crippen molar-refractivity contribution in [3.05, 3.63) is 12.4 Å². The number of nitrogens with zero attached hydrogens (tertiary/aromatic N) is 2. The maximum atomic E-state index is 4.31. The van der Waals surface area contributed by atoms with Crippen molar-refractivity contribution in [1.29, 1.82) is 0 Å². The Balaban J connectivity index is 1.80. The van der Waals surface area contributed by atoms with E-state index in [2.05, 4.69) is 30.5 Å². The molecule has 15 heavy (non-hydrogen) atoms. The van der Waals surface area contributed by atoms with Crippen LogP contribution in [0, 0.1) is 5.92 Å². The molecule has 0 radical (unpaired) electrons.